The first-order valence-corrected chi connectivity index (χ1v) is 8.28. The van der Waals surface area contributed by atoms with E-state index in [0.29, 0.717) is 17.4 Å². The highest BCUT2D eigenvalue weighted by Crippen LogP contribution is 2.38. The molecule has 0 amide bonds. The Morgan fingerprint density at radius 3 is 2.29 bits per heavy atom. The molecule has 1 aliphatic rings. The van der Waals surface area contributed by atoms with Crippen LogP contribution in [0.2, 0.25) is 0 Å². The normalized spacial score (nSPS) is 22.4. The van der Waals surface area contributed by atoms with E-state index in [1.54, 1.807) is 0 Å². The number of aliphatic hydroxyl groups excluding tert-OH is 3. The summed E-state index contributed by atoms with van der Waals surface area (Å²) in [6.07, 6.45) is 1.12. The first-order valence-electron chi connectivity index (χ1n) is 6.18. The Morgan fingerprint density at radius 2 is 1.76 bits per heavy atom. The van der Waals surface area contributed by atoms with E-state index in [0.717, 1.165) is 0 Å². The highest BCUT2D eigenvalue weighted by atomic mass is 32.2. The minimum absolute atomic E-state index is 0.0375. The summed E-state index contributed by atoms with van der Waals surface area (Å²) in [5.41, 5.74) is -0.554. The summed E-state index contributed by atoms with van der Waals surface area (Å²) in [6.45, 7) is 3.70. The number of thioether (sulfide) groups is 2. The van der Waals surface area contributed by atoms with Crippen LogP contribution in [-0.2, 0) is 0 Å². The Labute approximate surface area is 112 Å². The van der Waals surface area contributed by atoms with Gasteiger partial charge in [0.1, 0.15) is 0 Å². The minimum atomic E-state index is -0.652. The van der Waals surface area contributed by atoms with Gasteiger partial charge in [-0.05, 0) is 30.8 Å². The third kappa shape index (κ3) is 4.63. The highest BCUT2D eigenvalue weighted by molar-refractivity contribution is 8.17. The van der Waals surface area contributed by atoms with Crippen molar-refractivity contribution >= 4 is 23.5 Å². The van der Waals surface area contributed by atoms with Crippen molar-refractivity contribution in [1.82, 2.24) is 0 Å². The van der Waals surface area contributed by atoms with Gasteiger partial charge in [0.2, 0.25) is 0 Å². The number of rotatable bonds is 6. The molecule has 1 heterocycles. The summed E-state index contributed by atoms with van der Waals surface area (Å²) in [5.74, 6) is 2.34. The summed E-state index contributed by atoms with van der Waals surface area (Å²) in [5, 5.41) is 29.1. The molecule has 1 aliphatic heterocycles. The molecule has 0 unspecified atom stereocenters. The zero-order valence-electron chi connectivity index (χ0n) is 10.6. The fraction of sp³-hybridized carbons (Fsp3) is 1.00. The second kappa shape index (κ2) is 7.24. The van der Waals surface area contributed by atoms with Crippen LogP contribution in [0.4, 0.5) is 0 Å². The molecule has 3 nitrogen and oxygen atoms in total. The van der Waals surface area contributed by atoms with Crippen molar-refractivity contribution in [1.29, 1.82) is 0 Å². The molecule has 1 rings (SSSR count). The molecule has 3 N–H and O–H groups in total. The third-order valence-electron chi connectivity index (χ3n) is 3.43. The van der Waals surface area contributed by atoms with Crippen LogP contribution < -0.4 is 0 Å². The maximum absolute atomic E-state index is 10.3. The van der Waals surface area contributed by atoms with Gasteiger partial charge in [-0.15, -0.1) is 23.5 Å². The van der Waals surface area contributed by atoms with E-state index in [1.807, 2.05) is 37.4 Å². The van der Waals surface area contributed by atoms with Gasteiger partial charge in [0, 0.05) is 12.0 Å². The van der Waals surface area contributed by atoms with Gasteiger partial charge in [0.25, 0.3) is 0 Å². The van der Waals surface area contributed by atoms with E-state index in [4.69, 9.17) is 5.11 Å². The Morgan fingerprint density at radius 1 is 1.18 bits per heavy atom. The molecule has 2 atom stereocenters. The standard InChI is InChI=1S/C12H24O3S2/c1-12(2,9(14)4-5-13)10(15)8-11-16-6-3-7-17-11/h9-11,13-15H,3-8H2,1-2H3/t9-,10-/m1/s1. The molecule has 17 heavy (non-hydrogen) atoms. The molecule has 0 aromatic heterocycles. The van der Waals surface area contributed by atoms with Gasteiger partial charge in [-0.25, -0.2) is 0 Å². The summed E-state index contributed by atoms with van der Waals surface area (Å²) in [7, 11) is 0. The van der Waals surface area contributed by atoms with Crippen molar-refractivity contribution in [2.75, 3.05) is 18.1 Å². The lowest BCUT2D eigenvalue weighted by Crippen LogP contribution is -2.42. The monoisotopic (exact) mass is 280 g/mol. The number of aliphatic hydroxyl groups is 3. The van der Waals surface area contributed by atoms with Crippen molar-refractivity contribution in [3.8, 4) is 0 Å². The predicted octanol–water partition coefficient (Wildman–Crippen LogP) is 1.70. The second-order valence-electron chi connectivity index (χ2n) is 5.13. The topological polar surface area (TPSA) is 60.7 Å². The minimum Gasteiger partial charge on any atom is -0.396 e. The lowest BCUT2D eigenvalue weighted by molar-refractivity contribution is -0.0570. The Kier molecular flexibility index (Phi) is 6.66. The van der Waals surface area contributed by atoms with Crippen LogP contribution in [0.1, 0.15) is 33.1 Å². The predicted molar refractivity (Wildman–Crippen MR) is 75.4 cm³/mol. The SMILES string of the molecule is CC(C)([C@H](O)CCO)[C@H](O)CC1SCCCS1. The Hall–Kier alpha value is 0.580. The maximum atomic E-state index is 10.3. The van der Waals surface area contributed by atoms with Gasteiger partial charge >= 0.3 is 0 Å². The van der Waals surface area contributed by atoms with Gasteiger partial charge in [-0.3, -0.25) is 0 Å². The van der Waals surface area contributed by atoms with Crippen molar-refractivity contribution in [3.05, 3.63) is 0 Å². The molecular formula is C12H24O3S2. The van der Waals surface area contributed by atoms with Crippen molar-refractivity contribution in [3.63, 3.8) is 0 Å². The summed E-state index contributed by atoms with van der Waals surface area (Å²) in [6, 6.07) is 0. The van der Waals surface area contributed by atoms with Crippen LogP contribution in [0.3, 0.4) is 0 Å². The molecule has 0 spiro atoms. The largest absolute Gasteiger partial charge is 0.396 e. The zero-order valence-corrected chi connectivity index (χ0v) is 12.3. The lowest BCUT2D eigenvalue weighted by Gasteiger charge is -2.37. The van der Waals surface area contributed by atoms with Gasteiger partial charge in [0.15, 0.2) is 0 Å². The molecular weight excluding hydrogens is 256 g/mol. The van der Waals surface area contributed by atoms with Gasteiger partial charge in [0.05, 0.1) is 16.8 Å². The molecule has 5 heteroatoms. The van der Waals surface area contributed by atoms with E-state index in [-0.39, 0.29) is 6.61 Å². The van der Waals surface area contributed by atoms with Crippen LogP contribution in [0.15, 0.2) is 0 Å². The van der Waals surface area contributed by atoms with Crippen molar-refractivity contribution in [2.24, 2.45) is 5.41 Å². The quantitative estimate of drug-likeness (QED) is 0.691. The molecule has 0 aromatic rings. The first-order chi connectivity index (χ1) is 7.98. The molecule has 0 aliphatic carbocycles. The number of hydrogen-bond acceptors (Lipinski definition) is 5. The maximum Gasteiger partial charge on any atom is 0.0637 e. The first kappa shape index (κ1) is 15.6. The van der Waals surface area contributed by atoms with E-state index in [2.05, 4.69) is 0 Å². The average molecular weight is 280 g/mol. The highest BCUT2D eigenvalue weighted by Gasteiger charge is 2.36. The molecule has 0 radical (unpaired) electrons. The van der Waals surface area contributed by atoms with Crippen LogP contribution in [0.5, 0.6) is 0 Å². The number of hydrogen-bond donors (Lipinski definition) is 3. The van der Waals surface area contributed by atoms with Crippen LogP contribution in [0.25, 0.3) is 0 Å². The lowest BCUT2D eigenvalue weighted by atomic mass is 9.78. The molecule has 1 fully saturated rings. The summed E-state index contributed by atoms with van der Waals surface area (Å²) >= 11 is 3.81. The van der Waals surface area contributed by atoms with E-state index < -0.39 is 17.6 Å². The molecule has 0 aromatic carbocycles. The second-order valence-corrected chi connectivity index (χ2v) is 8.05. The summed E-state index contributed by atoms with van der Waals surface area (Å²) in [4.78, 5) is 0. The van der Waals surface area contributed by atoms with Crippen LogP contribution in [0, 0.1) is 5.41 Å². The van der Waals surface area contributed by atoms with Crippen molar-refractivity contribution in [2.45, 2.75) is 49.9 Å². The average Bonchev–Trinajstić information content (AvgIpc) is 2.30. The van der Waals surface area contributed by atoms with Crippen LogP contribution in [-0.4, -0.2) is 50.2 Å². The van der Waals surface area contributed by atoms with Crippen LogP contribution >= 0.6 is 23.5 Å². The fourth-order valence-electron chi connectivity index (χ4n) is 1.88. The van der Waals surface area contributed by atoms with Crippen molar-refractivity contribution < 1.29 is 15.3 Å². The Bertz CT molecular complexity index is 218. The van der Waals surface area contributed by atoms with E-state index in [9.17, 15) is 10.2 Å². The van der Waals surface area contributed by atoms with Gasteiger partial charge in [-0.1, -0.05) is 13.8 Å². The molecule has 0 saturated carbocycles. The zero-order chi connectivity index (χ0) is 12.9. The van der Waals surface area contributed by atoms with E-state index >= 15 is 0 Å². The molecule has 1 saturated heterocycles. The smallest absolute Gasteiger partial charge is 0.0637 e. The summed E-state index contributed by atoms with van der Waals surface area (Å²) < 4.78 is 0.444. The van der Waals surface area contributed by atoms with Gasteiger partial charge < -0.3 is 15.3 Å². The molecule has 102 valence electrons. The van der Waals surface area contributed by atoms with E-state index in [1.165, 1.54) is 17.9 Å². The Balaban J connectivity index is 2.45. The fourth-order valence-corrected chi connectivity index (χ4v) is 4.80. The third-order valence-corrected chi connectivity index (χ3v) is 6.43. The molecule has 0 bridgehead atoms. The van der Waals surface area contributed by atoms with Gasteiger partial charge in [-0.2, -0.15) is 0 Å².